The van der Waals surface area contributed by atoms with Crippen LogP contribution in [0.15, 0.2) is 16.3 Å². The molecule has 1 aromatic rings. The van der Waals surface area contributed by atoms with Gasteiger partial charge in [0.05, 0.1) is 0 Å². The number of rotatable bonds is 3. The van der Waals surface area contributed by atoms with Crippen molar-refractivity contribution in [3.05, 3.63) is 16.3 Å². The van der Waals surface area contributed by atoms with Gasteiger partial charge in [0.15, 0.2) is 0 Å². The van der Waals surface area contributed by atoms with Crippen molar-refractivity contribution in [2.75, 3.05) is 26.2 Å². The molecule has 0 aliphatic carbocycles. The van der Waals surface area contributed by atoms with Crippen LogP contribution in [0, 0.1) is 0 Å². The number of piperazine rings is 1. The van der Waals surface area contributed by atoms with Crippen LogP contribution in [-0.2, 0) is 10.0 Å². The van der Waals surface area contributed by atoms with E-state index in [9.17, 15) is 13.2 Å². The molecule has 0 spiro atoms. The molecule has 20 heavy (non-hydrogen) atoms. The van der Waals surface area contributed by atoms with Gasteiger partial charge in [-0.3, -0.25) is 4.90 Å². The Morgan fingerprint density at radius 2 is 2.15 bits per heavy atom. The summed E-state index contributed by atoms with van der Waals surface area (Å²) in [6, 6.07) is 1.68. The van der Waals surface area contributed by atoms with Gasteiger partial charge < -0.3 is 5.11 Å². The Bertz CT molecular complexity index is 625. The first-order valence-corrected chi connectivity index (χ1v) is 8.87. The van der Waals surface area contributed by atoms with Crippen LogP contribution in [0.2, 0.25) is 0 Å². The predicted molar refractivity (Wildman–Crippen MR) is 74.6 cm³/mol. The number of nitrogens with zero attached hydrogens (tertiary/aromatic N) is 2. The van der Waals surface area contributed by atoms with Crippen LogP contribution in [0.3, 0.4) is 0 Å². The highest BCUT2D eigenvalue weighted by molar-refractivity contribution is 7.89. The van der Waals surface area contributed by atoms with E-state index in [0.717, 1.165) is 37.3 Å². The maximum Gasteiger partial charge on any atom is 0.347 e. The van der Waals surface area contributed by atoms with Crippen LogP contribution in [0.4, 0.5) is 0 Å². The van der Waals surface area contributed by atoms with Gasteiger partial charge in [0.2, 0.25) is 10.0 Å². The highest BCUT2D eigenvalue weighted by atomic mass is 32.2. The predicted octanol–water partition coefficient (Wildman–Crippen LogP) is 0.915. The smallest absolute Gasteiger partial charge is 0.347 e. The zero-order valence-electron chi connectivity index (χ0n) is 10.9. The molecule has 110 valence electrons. The van der Waals surface area contributed by atoms with Gasteiger partial charge in [0.25, 0.3) is 0 Å². The van der Waals surface area contributed by atoms with Crippen molar-refractivity contribution in [1.82, 2.24) is 9.21 Å². The van der Waals surface area contributed by atoms with Crippen molar-refractivity contribution in [2.24, 2.45) is 0 Å². The van der Waals surface area contributed by atoms with Crippen LogP contribution >= 0.6 is 11.3 Å². The fraction of sp³-hybridized carbons (Fsp3) is 0.583. The van der Waals surface area contributed by atoms with Gasteiger partial charge in [-0.05, 0) is 30.8 Å². The fourth-order valence-electron chi connectivity index (χ4n) is 2.98. The molecule has 1 aromatic heterocycles. The number of carboxylic acid groups (broad SMARTS) is 1. The summed E-state index contributed by atoms with van der Waals surface area (Å²) in [5.74, 6) is -1.18. The topological polar surface area (TPSA) is 77.9 Å². The van der Waals surface area contributed by atoms with Crippen LogP contribution in [-0.4, -0.2) is 60.9 Å². The normalized spacial score (nSPS) is 24.7. The lowest BCUT2D eigenvalue weighted by atomic mass is 10.2. The molecule has 0 saturated carbocycles. The van der Waals surface area contributed by atoms with E-state index in [1.807, 2.05) is 0 Å². The highest BCUT2D eigenvalue weighted by Gasteiger charge is 2.37. The Kier molecular flexibility index (Phi) is 3.57. The first-order chi connectivity index (χ1) is 9.50. The molecule has 0 aromatic carbocycles. The van der Waals surface area contributed by atoms with Gasteiger partial charge in [0.1, 0.15) is 9.77 Å². The Morgan fingerprint density at radius 1 is 1.35 bits per heavy atom. The molecular weight excluding hydrogens is 300 g/mol. The lowest BCUT2D eigenvalue weighted by Crippen LogP contribution is -2.51. The van der Waals surface area contributed by atoms with E-state index in [1.54, 1.807) is 0 Å². The van der Waals surface area contributed by atoms with E-state index in [4.69, 9.17) is 5.11 Å². The van der Waals surface area contributed by atoms with E-state index in [-0.39, 0.29) is 15.8 Å². The first-order valence-electron chi connectivity index (χ1n) is 6.55. The van der Waals surface area contributed by atoms with Gasteiger partial charge in [-0.2, -0.15) is 4.31 Å². The molecule has 2 aliphatic rings. The van der Waals surface area contributed by atoms with Crippen molar-refractivity contribution in [2.45, 2.75) is 23.8 Å². The maximum absolute atomic E-state index is 12.6. The van der Waals surface area contributed by atoms with Crippen LogP contribution in [0.1, 0.15) is 22.5 Å². The molecule has 6 nitrogen and oxygen atoms in total. The summed E-state index contributed by atoms with van der Waals surface area (Å²) in [6.07, 6.45) is 2.12. The minimum Gasteiger partial charge on any atom is -0.477 e. The lowest BCUT2D eigenvalue weighted by Gasteiger charge is -2.36. The second kappa shape index (κ2) is 5.10. The van der Waals surface area contributed by atoms with Crippen molar-refractivity contribution in [1.29, 1.82) is 0 Å². The molecule has 2 aliphatic heterocycles. The number of carboxylic acids is 1. The van der Waals surface area contributed by atoms with E-state index < -0.39 is 16.0 Å². The van der Waals surface area contributed by atoms with Crippen molar-refractivity contribution in [3.63, 3.8) is 0 Å². The average Bonchev–Trinajstić information content (AvgIpc) is 3.06. The van der Waals surface area contributed by atoms with E-state index in [1.165, 1.54) is 15.8 Å². The molecule has 1 unspecified atom stereocenters. The monoisotopic (exact) mass is 316 g/mol. The van der Waals surface area contributed by atoms with Crippen LogP contribution in [0.25, 0.3) is 0 Å². The average molecular weight is 316 g/mol. The molecular formula is C12H16N2O4S2. The Hall–Kier alpha value is -0.960. The zero-order chi connectivity index (χ0) is 14.3. The Labute approximate surface area is 121 Å². The molecule has 0 radical (unpaired) electrons. The summed E-state index contributed by atoms with van der Waals surface area (Å²) in [5, 5.41) is 10.6. The molecule has 2 fully saturated rings. The molecule has 3 rings (SSSR count). The summed E-state index contributed by atoms with van der Waals surface area (Å²) in [6.45, 7) is 2.68. The molecule has 1 atom stereocenters. The number of hydrogen-bond donors (Lipinski definition) is 1. The second-order valence-electron chi connectivity index (χ2n) is 5.11. The SMILES string of the molecule is O=C(O)c1sccc1S(=O)(=O)N1CCN2CCCC2C1. The van der Waals surface area contributed by atoms with Crippen LogP contribution in [0.5, 0.6) is 0 Å². The van der Waals surface area contributed by atoms with E-state index in [0.29, 0.717) is 13.1 Å². The second-order valence-corrected chi connectivity index (χ2v) is 7.94. The number of fused-ring (bicyclic) bond motifs is 1. The molecule has 0 bridgehead atoms. The van der Waals surface area contributed by atoms with Crippen molar-refractivity contribution >= 4 is 27.3 Å². The van der Waals surface area contributed by atoms with E-state index >= 15 is 0 Å². The summed E-state index contributed by atoms with van der Waals surface area (Å²) >= 11 is 0.952. The highest BCUT2D eigenvalue weighted by Crippen LogP contribution is 2.29. The molecule has 0 amide bonds. The third-order valence-electron chi connectivity index (χ3n) is 3.99. The van der Waals surface area contributed by atoms with Gasteiger partial charge >= 0.3 is 5.97 Å². The van der Waals surface area contributed by atoms with Crippen LogP contribution < -0.4 is 0 Å². The van der Waals surface area contributed by atoms with Gasteiger partial charge in [-0.15, -0.1) is 11.3 Å². The van der Waals surface area contributed by atoms with Gasteiger partial charge in [-0.25, -0.2) is 13.2 Å². The minimum atomic E-state index is -3.70. The molecule has 3 heterocycles. The molecule has 8 heteroatoms. The largest absolute Gasteiger partial charge is 0.477 e. The summed E-state index contributed by atoms with van der Waals surface area (Å²) in [4.78, 5) is 13.3. The molecule has 1 N–H and O–H groups in total. The summed E-state index contributed by atoms with van der Waals surface area (Å²) in [7, 11) is -3.70. The number of hydrogen-bond acceptors (Lipinski definition) is 5. The standard InChI is InChI=1S/C12H16N2O4S2/c15-12(16)11-10(3-7-19-11)20(17,18)14-6-5-13-4-1-2-9(13)8-14/h3,7,9H,1-2,4-6,8H2,(H,15,16). The zero-order valence-corrected chi connectivity index (χ0v) is 12.5. The third-order valence-corrected chi connectivity index (χ3v) is 6.93. The first kappa shape index (κ1) is 14.0. The van der Waals surface area contributed by atoms with Crippen molar-refractivity contribution in [3.8, 4) is 0 Å². The number of sulfonamides is 1. The lowest BCUT2D eigenvalue weighted by molar-refractivity contribution is 0.0698. The Morgan fingerprint density at radius 3 is 2.90 bits per heavy atom. The number of aromatic carboxylic acids is 1. The van der Waals surface area contributed by atoms with Crippen molar-refractivity contribution < 1.29 is 18.3 Å². The summed E-state index contributed by atoms with van der Waals surface area (Å²) in [5.41, 5.74) is 0. The number of carbonyl (C=O) groups is 1. The fourth-order valence-corrected chi connectivity index (χ4v) is 5.68. The maximum atomic E-state index is 12.6. The minimum absolute atomic E-state index is 0.0681. The summed E-state index contributed by atoms with van der Waals surface area (Å²) < 4.78 is 26.7. The van der Waals surface area contributed by atoms with Gasteiger partial charge in [-0.1, -0.05) is 0 Å². The Balaban J connectivity index is 1.88. The number of thiophene rings is 1. The van der Waals surface area contributed by atoms with E-state index in [2.05, 4.69) is 4.90 Å². The quantitative estimate of drug-likeness (QED) is 0.897. The third kappa shape index (κ3) is 2.26. The van der Waals surface area contributed by atoms with Gasteiger partial charge in [0, 0.05) is 25.7 Å². The molecule has 2 saturated heterocycles.